The summed E-state index contributed by atoms with van der Waals surface area (Å²) >= 11 is 0. The number of carbonyl (C=O) groups is 2. The average Bonchev–Trinajstić information content (AvgIpc) is 2.37. The lowest BCUT2D eigenvalue weighted by Crippen LogP contribution is -2.44. The molecule has 6 heteroatoms. The predicted molar refractivity (Wildman–Crippen MR) is 68.3 cm³/mol. The number of para-hydroxylation sites is 1. The topological polar surface area (TPSA) is 67.4 Å². The zero-order valence-electron chi connectivity index (χ0n) is 10.9. The van der Waals surface area contributed by atoms with Crippen LogP contribution in [0, 0.1) is 5.82 Å². The van der Waals surface area contributed by atoms with E-state index in [-0.39, 0.29) is 11.8 Å². The van der Waals surface area contributed by atoms with Crippen LogP contribution in [0.2, 0.25) is 0 Å². The van der Waals surface area contributed by atoms with Crippen LogP contribution in [-0.4, -0.2) is 24.6 Å². The Labute approximate surface area is 111 Å². The van der Waals surface area contributed by atoms with E-state index in [1.807, 2.05) is 13.8 Å². The summed E-state index contributed by atoms with van der Waals surface area (Å²) in [6.07, 6.45) is 0.757. The molecule has 1 atom stereocenters. The number of nitrogens with one attached hydrogen (secondary N) is 2. The van der Waals surface area contributed by atoms with E-state index in [0.29, 0.717) is 0 Å². The second-order valence-corrected chi connectivity index (χ2v) is 4.05. The molecule has 0 fully saturated rings. The lowest BCUT2D eigenvalue weighted by molar-refractivity contribution is -0.122. The van der Waals surface area contributed by atoms with Crippen molar-refractivity contribution in [3.05, 3.63) is 30.1 Å². The van der Waals surface area contributed by atoms with Gasteiger partial charge in [-0.05, 0) is 25.5 Å². The first-order valence-corrected chi connectivity index (χ1v) is 6.00. The SMILES string of the molecule is CC[C@H](C)NC(=O)NC(=O)COc1ccccc1F. The number of rotatable bonds is 5. The zero-order valence-corrected chi connectivity index (χ0v) is 10.9. The van der Waals surface area contributed by atoms with E-state index in [9.17, 15) is 14.0 Å². The molecule has 0 saturated heterocycles. The Morgan fingerprint density at radius 1 is 1.37 bits per heavy atom. The molecule has 0 aliphatic rings. The lowest BCUT2D eigenvalue weighted by atomic mass is 10.3. The molecule has 0 saturated carbocycles. The summed E-state index contributed by atoms with van der Waals surface area (Å²) < 4.78 is 18.1. The third kappa shape index (κ3) is 5.37. The fourth-order valence-corrected chi connectivity index (χ4v) is 1.23. The maximum atomic E-state index is 13.2. The van der Waals surface area contributed by atoms with Crippen LogP contribution < -0.4 is 15.4 Å². The minimum Gasteiger partial charge on any atom is -0.481 e. The van der Waals surface area contributed by atoms with Gasteiger partial charge in [0.25, 0.3) is 5.91 Å². The van der Waals surface area contributed by atoms with Gasteiger partial charge in [0.2, 0.25) is 0 Å². The molecule has 104 valence electrons. The van der Waals surface area contributed by atoms with Crippen LogP contribution in [0.3, 0.4) is 0 Å². The standard InChI is InChI=1S/C13H17FN2O3/c1-3-9(2)15-13(18)16-12(17)8-19-11-7-5-4-6-10(11)14/h4-7,9H,3,8H2,1-2H3,(H2,15,16,17,18)/t9-/m0/s1. The number of carbonyl (C=O) groups excluding carboxylic acids is 2. The summed E-state index contributed by atoms with van der Waals surface area (Å²) in [5.74, 6) is -1.22. The molecule has 0 aromatic heterocycles. The van der Waals surface area contributed by atoms with Gasteiger partial charge in [0, 0.05) is 6.04 Å². The molecule has 0 heterocycles. The molecule has 3 amide bonds. The van der Waals surface area contributed by atoms with Crippen molar-refractivity contribution in [2.75, 3.05) is 6.61 Å². The van der Waals surface area contributed by atoms with E-state index in [1.165, 1.54) is 18.2 Å². The predicted octanol–water partition coefficient (Wildman–Crippen LogP) is 1.83. The molecule has 0 radical (unpaired) electrons. The second kappa shape index (κ2) is 7.35. The molecule has 0 aliphatic heterocycles. The Kier molecular flexibility index (Phi) is 5.78. The molecule has 1 aromatic rings. The van der Waals surface area contributed by atoms with Gasteiger partial charge in [0.15, 0.2) is 18.2 Å². The van der Waals surface area contributed by atoms with Gasteiger partial charge in [-0.1, -0.05) is 19.1 Å². The Morgan fingerprint density at radius 3 is 2.68 bits per heavy atom. The Balaban J connectivity index is 2.36. The molecule has 1 rings (SSSR count). The number of hydrogen-bond acceptors (Lipinski definition) is 3. The highest BCUT2D eigenvalue weighted by molar-refractivity contribution is 5.95. The number of amides is 3. The highest BCUT2D eigenvalue weighted by atomic mass is 19.1. The van der Waals surface area contributed by atoms with Gasteiger partial charge in [0.05, 0.1) is 0 Å². The van der Waals surface area contributed by atoms with Crippen LogP contribution in [0.15, 0.2) is 24.3 Å². The maximum absolute atomic E-state index is 13.2. The number of halogens is 1. The van der Waals surface area contributed by atoms with Gasteiger partial charge in [-0.25, -0.2) is 9.18 Å². The number of ether oxygens (including phenoxy) is 1. The minimum atomic E-state index is -0.635. The molecule has 0 spiro atoms. The summed E-state index contributed by atoms with van der Waals surface area (Å²) in [5, 5.41) is 4.67. The fourth-order valence-electron chi connectivity index (χ4n) is 1.23. The highest BCUT2D eigenvalue weighted by Crippen LogP contribution is 2.14. The van der Waals surface area contributed by atoms with Crippen LogP contribution >= 0.6 is 0 Å². The summed E-state index contributed by atoms with van der Waals surface area (Å²) in [6, 6.07) is 5.12. The van der Waals surface area contributed by atoms with E-state index in [0.717, 1.165) is 6.42 Å². The van der Waals surface area contributed by atoms with Crippen molar-refractivity contribution < 1.29 is 18.7 Å². The summed E-state index contributed by atoms with van der Waals surface area (Å²) in [5.41, 5.74) is 0. The van der Waals surface area contributed by atoms with E-state index < -0.39 is 24.4 Å². The molecule has 5 nitrogen and oxygen atoms in total. The van der Waals surface area contributed by atoms with Gasteiger partial charge in [-0.2, -0.15) is 0 Å². The van der Waals surface area contributed by atoms with E-state index in [2.05, 4.69) is 10.6 Å². The highest BCUT2D eigenvalue weighted by Gasteiger charge is 2.11. The number of imide groups is 1. The fraction of sp³-hybridized carbons (Fsp3) is 0.385. The molecule has 2 N–H and O–H groups in total. The van der Waals surface area contributed by atoms with Crippen LogP contribution in [0.4, 0.5) is 9.18 Å². The molecular weight excluding hydrogens is 251 g/mol. The third-order valence-corrected chi connectivity index (χ3v) is 2.44. The van der Waals surface area contributed by atoms with Crippen LogP contribution in [0.25, 0.3) is 0 Å². The van der Waals surface area contributed by atoms with Crippen molar-refractivity contribution in [1.29, 1.82) is 0 Å². The van der Waals surface area contributed by atoms with Crippen LogP contribution in [0.1, 0.15) is 20.3 Å². The Bertz CT molecular complexity index is 451. The van der Waals surface area contributed by atoms with Gasteiger partial charge >= 0.3 is 6.03 Å². The van der Waals surface area contributed by atoms with Crippen LogP contribution in [-0.2, 0) is 4.79 Å². The van der Waals surface area contributed by atoms with Gasteiger partial charge in [-0.15, -0.1) is 0 Å². The average molecular weight is 268 g/mol. The summed E-state index contributed by atoms with van der Waals surface area (Å²) in [4.78, 5) is 22.7. The maximum Gasteiger partial charge on any atom is 0.321 e. The first-order chi connectivity index (χ1) is 9.02. The molecule has 0 aliphatic carbocycles. The van der Waals surface area contributed by atoms with E-state index in [1.54, 1.807) is 6.07 Å². The monoisotopic (exact) mass is 268 g/mol. The number of benzene rings is 1. The lowest BCUT2D eigenvalue weighted by Gasteiger charge is -2.12. The second-order valence-electron chi connectivity index (χ2n) is 4.05. The molecule has 1 aromatic carbocycles. The van der Waals surface area contributed by atoms with Crippen molar-refractivity contribution in [3.8, 4) is 5.75 Å². The molecule has 0 bridgehead atoms. The van der Waals surface area contributed by atoms with Crippen molar-refractivity contribution >= 4 is 11.9 Å². The van der Waals surface area contributed by atoms with E-state index in [4.69, 9.17) is 4.74 Å². The molecule has 19 heavy (non-hydrogen) atoms. The summed E-state index contributed by atoms with van der Waals surface area (Å²) in [6.45, 7) is 3.31. The first-order valence-electron chi connectivity index (χ1n) is 6.00. The summed E-state index contributed by atoms with van der Waals surface area (Å²) in [7, 11) is 0. The Morgan fingerprint density at radius 2 is 2.05 bits per heavy atom. The third-order valence-electron chi connectivity index (χ3n) is 2.44. The van der Waals surface area contributed by atoms with Gasteiger partial charge < -0.3 is 10.1 Å². The zero-order chi connectivity index (χ0) is 14.3. The van der Waals surface area contributed by atoms with Crippen molar-refractivity contribution in [3.63, 3.8) is 0 Å². The van der Waals surface area contributed by atoms with Crippen LogP contribution in [0.5, 0.6) is 5.75 Å². The van der Waals surface area contributed by atoms with Crippen molar-refractivity contribution in [2.24, 2.45) is 0 Å². The van der Waals surface area contributed by atoms with Gasteiger partial charge in [-0.3, -0.25) is 10.1 Å². The van der Waals surface area contributed by atoms with Gasteiger partial charge in [0.1, 0.15) is 0 Å². The molecule has 0 unspecified atom stereocenters. The molecular formula is C13H17FN2O3. The smallest absolute Gasteiger partial charge is 0.321 e. The van der Waals surface area contributed by atoms with Crippen molar-refractivity contribution in [1.82, 2.24) is 10.6 Å². The normalized spacial score (nSPS) is 11.5. The Hall–Kier alpha value is -2.11. The largest absolute Gasteiger partial charge is 0.481 e. The van der Waals surface area contributed by atoms with Crippen molar-refractivity contribution in [2.45, 2.75) is 26.3 Å². The first kappa shape index (κ1) is 14.9. The van der Waals surface area contributed by atoms with E-state index >= 15 is 0 Å². The number of hydrogen-bond donors (Lipinski definition) is 2. The minimum absolute atomic E-state index is 0.0275. The quantitative estimate of drug-likeness (QED) is 0.856. The number of urea groups is 1.